The van der Waals surface area contributed by atoms with Crippen LogP contribution in [0.25, 0.3) is 0 Å². The third-order valence-electron chi connectivity index (χ3n) is 2.79. The molecule has 0 aromatic heterocycles. The first-order valence-corrected chi connectivity index (χ1v) is 5.39. The molecule has 0 aliphatic rings. The molecule has 0 radical (unpaired) electrons. The first-order valence-electron chi connectivity index (χ1n) is 5.39. The quantitative estimate of drug-likeness (QED) is 0.623. The Hall–Kier alpha value is -0.0800. The molecule has 2 nitrogen and oxygen atoms in total. The van der Waals surface area contributed by atoms with Crippen LogP contribution in [0.1, 0.15) is 40.5 Å². The van der Waals surface area contributed by atoms with Crippen molar-refractivity contribution in [2.24, 2.45) is 17.1 Å². The maximum absolute atomic E-state index is 5.40. The molecule has 0 rings (SSSR count). The normalized spacial score (nSPS) is 14.5. The molecule has 0 saturated heterocycles. The van der Waals surface area contributed by atoms with Crippen LogP contribution in [0.4, 0.5) is 0 Å². The Bertz CT molecular complexity index is 116. The fraction of sp³-hybridized carbons (Fsp3) is 1.00. The molecule has 0 spiro atoms. The highest BCUT2D eigenvalue weighted by molar-refractivity contribution is 4.70. The zero-order valence-electron chi connectivity index (χ0n) is 9.69. The van der Waals surface area contributed by atoms with Crippen LogP contribution in [0.5, 0.6) is 0 Å². The molecule has 0 aliphatic carbocycles. The molecule has 0 aromatic carbocycles. The van der Waals surface area contributed by atoms with E-state index in [0.717, 1.165) is 32.0 Å². The lowest BCUT2D eigenvalue weighted by Gasteiger charge is -2.27. The molecule has 0 heterocycles. The highest BCUT2D eigenvalue weighted by atomic mass is 14.8. The highest BCUT2D eigenvalue weighted by Crippen LogP contribution is 2.27. The number of nitrogens with two attached hydrogens (primary N) is 1. The summed E-state index contributed by atoms with van der Waals surface area (Å²) < 4.78 is 0. The van der Waals surface area contributed by atoms with E-state index in [1.165, 1.54) is 6.42 Å². The van der Waals surface area contributed by atoms with Gasteiger partial charge in [0.1, 0.15) is 0 Å². The van der Waals surface area contributed by atoms with Gasteiger partial charge in [0.25, 0.3) is 0 Å². The summed E-state index contributed by atoms with van der Waals surface area (Å²) >= 11 is 0. The van der Waals surface area contributed by atoms with Crippen LogP contribution in [-0.2, 0) is 0 Å². The van der Waals surface area contributed by atoms with E-state index < -0.39 is 0 Å². The standard InChI is InChI=1S/C11H26N2/c1-10(11(2,3)4)6-9-13-8-5-7-12/h10,13H,5-9,12H2,1-4H3. The molecule has 0 aliphatic heterocycles. The van der Waals surface area contributed by atoms with Crippen molar-refractivity contribution in [2.75, 3.05) is 19.6 Å². The average Bonchev–Trinajstić information content (AvgIpc) is 2.02. The van der Waals surface area contributed by atoms with E-state index in [9.17, 15) is 0 Å². The molecule has 0 saturated carbocycles. The second-order valence-electron chi connectivity index (χ2n) is 4.95. The van der Waals surface area contributed by atoms with Gasteiger partial charge in [0.05, 0.1) is 0 Å². The van der Waals surface area contributed by atoms with E-state index in [1.54, 1.807) is 0 Å². The summed E-state index contributed by atoms with van der Waals surface area (Å²) in [5.74, 6) is 0.776. The summed E-state index contributed by atoms with van der Waals surface area (Å²) in [6.45, 7) is 12.2. The first-order chi connectivity index (χ1) is 5.98. The van der Waals surface area contributed by atoms with Gasteiger partial charge in [-0.2, -0.15) is 0 Å². The van der Waals surface area contributed by atoms with Crippen molar-refractivity contribution in [1.29, 1.82) is 0 Å². The Morgan fingerprint density at radius 3 is 2.31 bits per heavy atom. The molecule has 0 fully saturated rings. The molecule has 0 amide bonds. The van der Waals surface area contributed by atoms with Crippen LogP contribution in [0.3, 0.4) is 0 Å². The Kier molecular flexibility index (Phi) is 6.35. The summed E-state index contributed by atoms with van der Waals surface area (Å²) in [5.41, 5.74) is 5.84. The van der Waals surface area contributed by atoms with Crippen molar-refractivity contribution in [3.63, 3.8) is 0 Å². The van der Waals surface area contributed by atoms with E-state index in [0.29, 0.717) is 5.41 Å². The van der Waals surface area contributed by atoms with Gasteiger partial charge in [0.2, 0.25) is 0 Å². The molecule has 3 N–H and O–H groups in total. The van der Waals surface area contributed by atoms with Crippen LogP contribution >= 0.6 is 0 Å². The van der Waals surface area contributed by atoms with Crippen molar-refractivity contribution in [3.8, 4) is 0 Å². The Morgan fingerprint density at radius 2 is 1.85 bits per heavy atom. The van der Waals surface area contributed by atoms with E-state index in [-0.39, 0.29) is 0 Å². The number of rotatable bonds is 6. The van der Waals surface area contributed by atoms with Gasteiger partial charge in [-0.25, -0.2) is 0 Å². The summed E-state index contributed by atoms with van der Waals surface area (Å²) in [7, 11) is 0. The molecule has 2 heteroatoms. The maximum Gasteiger partial charge on any atom is -0.00369 e. The number of hydrogen-bond donors (Lipinski definition) is 2. The van der Waals surface area contributed by atoms with Crippen LogP contribution in [0, 0.1) is 11.3 Å². The second-order valence-corrected chi connectivity index (χ2v) is 4.95. The van der Waals surface area contributed by atoms with Crippen LogP contribution in [0.15, 0.2) is 0 Å². The lowest BCUT2D eigenvalue weighted by Crippen LogP contribution is -2.25. The lowest BCUT2D eigenvalue weighted by molar-refractivity contribution is 0.245. The third kappa shape index (κ3) is 7.03. The molecule has 80 valence electrons. The Morgan fingerprint density at radius 1 is 1.23 bits per heavy atom. The summed E-state index contributed by atoms with van der Waals surface area (Å²) in [4.78, 5) is 0. The monoisotopic (exact) mass is 186 g/mol. The van der Waals surface area contributed by atoms with Crippen molar-refractivity contribution in [3.05, 3.63) is 0 Å². The van der Waals surface area contributed by atoms with Crippen LogP contribution < -0.4 is 11.1 Å². The van der Waals surface area contributed by atoms with Gasteiger partial charge in [0.15, 0.2) is 0 Å². The summed E-state index contributed by atoms with van der Waals surface area (Å²) in [6, 6.07) is 0. The van der Waals surface area contributed by atoms with Crippen molar-refractivity contribution >= 4 is 0 Å². The van der Waals surface area contributed by atoms with Gasteiger partial charge in [0, 0.05) is 0 Å². The number of nitrogens with one attached hydrogen (secondary N) is 1. The molecule has 0 aromatic rings. The van der Waals surface area contributed by atoms with Crippen LogP contribution in [0.2, 0.25) is 0 Å². The minimum atomic E-state index is 0.440. The minimum Gasteiger partial charge on any atom is -0.330 e. The van der Waals surface area contributed by atoms with Gasteiger partial charge in [-0.05, 0) is 43.8 Å². The van der Waals surface area contributed by atoms with Crippen molar-refractivity contribution in [1.82, 2.24) is 5.32 Å². The fourth-order valence-corrected chi connectivity index (χ4v) is 1.10. The van der Waals surface area contributed by atoms with Gasteiger partial charge < -0.3 is 11.1 Å². The predicted octanol–water partition coefficient (Wildman–Crippen LogP) is 2.00. The Labute approximate surface area is 83.3 Å². The summed E-state index contributed by atoms with van der Waals surface area (Å²) in [6.07, 6.45) is 2.35. The fourth-order valence-electron chi connectivity index (χ4n) is 1.10. The molecular formula is C11H26N2. The SMILES string of the molecule is CC(CCNCCCN)C(C)(C)C. The van der Waals surface area contributed by atoms with Crippen LogP contribution in [-0.4, -0.2) is 19.6 Å². The van der Waals surface area contributed by atoms with Gasteiger partial charge in [-0.1, -0.05) is 27.7 Å². The second kappa shape index (κ2) is 6.39. The van der Waals surface area contributed by atoms with Crippen molar-refractivity contribution < 1.29 is 0 Å². The zero-order valence-corrected chi connectivity index (χ0v) is 9.69. The van der Waals surface area contributed by atoms with E-state index in [1.807, 2.05) is 0 Å². The molecule has 1 unspecified atom stereocenters. The zero-order chi connectivity index (χ0) is 10.3. The maximum atomic E-state index is 5.40. The molecule has 13 heavy (non-hydrogen) atoms. The average molecular weight is 186 g/mol. The number of hydrogen-bond acceptors (Lipinski definition) is 2. The minimum absolute atomic E-state index is 0.440. The smallest absolute Gasteiger partial charge is 0.00369 e. The highest BCUT2D eigenvalue weighted by Gasteiger charge is 2.18. The Balaban J connectivity index is 3.32. The van der Waals surface area contributed by atoms with Gasteiger partial charge in [-0.15, -0.1) is 0 Å². The van der Waals surface area contributed by atoms with Gasteiger partial charge in [-0.3, -0.25) is 0 Å². The van der Waals surface area contributed by atoms with Crippen molar-refractivity contribution in [2.45, 2.75) is 40.5 Å². The molecular weight excluding hydrogens is 160 g/mol. The molecule has 0 bridgehead atoms. The predicted molar refractivity (Wildman–Crippen MR) is 59.8 cm³/mol. The first kappa shape index (κ1) is 12.9. The molecule has 1 atom stereocenters. The van der Waals surface area contributed by atoms with Gasteiger partial charge >= 0.3 is 0 Å². The largest absolute Gasteiger partial charge is 0.330 e. The van der Waals surface area contributed by atoms with E-state index in [4.69, 9.17) is 5.73 Å². The third-order valence-corrected chi connectivity index (χ3v) is 2.79. The lowest BCUT2D eigenvalue weighted by atomic mass is 9.80. The van der Waals surface area contributed by atoms with E-state index in [2.05, 4.69) is 33.0 Å². The van der Waals surface area contributed by atoms with E-state index >= 15 is 0 Å². The summed E-state index contributed by atoms with van der Waals surface area (Å²) in [5, 5.41) is 3.41. The topological polar surface area (TPSA) is 38.0 Å².